The second-order valence-electron chi connectivity index (χ2n) is 7.96. The van der Waals surface area contributed by atoms with Gasteiger partial charge in [-0.15, -0.1) is 11.3 Å². The number of rotatable bonds is 6. The lowest BCUT2D eigenvalue weighted by Crippen LogP contribution is -2.38. The van der Waals surface area contributed by atoms with E-state index in [1.165, 1.54) is 7.11 Å². The number of esters is 1. The topological polar surface area (TPSA) is 92.8 Å². The number of fused-ring (bicyclic) bond motifs is 1. The number of carbonyl (C=O) groups is 2. The molecule has 1 atom stereocenters. The van der Waals surface area contributed by atoms with Crippen molar-refractivity contribution in [3.05, 3.63) is 45.3 Å². The Hall–Kier alpha value is -2.39. The second kappa shape index (κ2) is 9.00. The summed E-state index contributed by atoms with van der Waals surface area (Å²) >= 11 is 1.04. The molecule has 0 bridgehead atoms. The van der Waals surface area contributed by atoms with E-state index in [0.29, 0.717) is 35.6 Å². The van der Waals surface area contributed by atoms with E-state index < -0.39 is 16.0 Å². The van der Waals surface area contributed by atoms with E-state index in [4.69, 9.17) is 4.74 Å². The lowest BCUT2D eigenvalue weighted by atomic mass is 10.0. The van der Waals surface area contributed by atoms with E-state index in [2.05, 4.69) is 4.72 Å². The van der Waals surface area contributed by atoms with Crippen LogP contribution < -0.4 is 4.72 Å². The van der Waals surface area contributed by atoms with Gasteiger partial charge in [0.2, 0.25) is 5.91 Å². The largest absolute Gasteiger partial charge is 0.465 e. The molecule has 1 unspecified atom stereocenters. The minimum atomic E-state index is -4.02. The number of amides is 1. The fraction of sp³-hybridized carbons (Fsp3) is 0.455. The minimum absolute atomic E-state index is 0.0407. The van der Waals surface area contributed by atoms with Gasteiger partial charge in [-0.3, -0.25) is 9.52 Å². The number of nitrogens with one attached hydrogen (secondary N) is 1. The number of thiophene rings is 1. The van der Waals surface area contributed by atoms with Crippen LogP contribution in [0.1, 0.15) is 52.2 Å². The van der Waals surface area contributed by atoms with Gasteiger partial charge in [-0.05, 0) is 55.5 Å². The van der Waals surface area contributed by atoms with Crippen LogP contribution in [0.4, 0.5) is 5.69 Å². The average Bonchev–Trinajstić information content (AvgIpc) is 3.10. The molecule has 1 aromatic carbocycles. The summed E-state index contributed by atoms with van der Waals surface area (Å²) in [4.78, 5) is 27.6. The molecule has 2 aromatic rings. The molecule has 31 heavy (non-hydrogen) atoms. The summed E-state index contributed by atoms with van der Waals surface area (Å²) in [6, 6.07) is 5.43. The van der Waals surface area contributed by atoms with Crippen molar-refractivity contribution in [3.8, 4) is 0 Å². The number of nitrogens with zero attached hydrogens (tertiary/aromatic N) is 1. The van der Waals surface area contributed by atoms with Crippen LogP contribution in [-0.2, 0) is 32.5 Å². The third kappa shape index (κ3) is 4.77. The lowest BCUT2D eigenvalue weighted by molar-refractivity contribution is -0.135. The first kappa shape index (κ1) is 23.3. The fourth-order valence-corrected chi connectivity index (χ4v) is 6.73. The SMILES string of the molecule is CCC(C)C(=O)N1CCc2c(sc(S(=O)(=O)Nc3cc(C)cc(C)c3)c2C(=O)OC)C1. The molecule has 1 aromatic heterocycles. The van der Waals surface area contributed by atoms with Gasteiger partial charge in [0, 0.05) is 23.0 Å². The minimum Gasteiger partial charge on any atom is -0.465 e. The van der Waals surface area contributed by atoms with Gasteiger partial charge in [0.1, 0.15) is 0 Å². The van der Waals surface area contributed by atoms with Crippen molar-refractivity contribution in [2.24, 2.45) is 5.92 Å². The Kier molecular flexibility index (Phi) is 6.76. The molecule has 1 aliphatic rings. The number of ether oxygens (including phenoxy) is 1. The average molecular weight is 465 g/mol. The molecule has 7 nitrogen and oxygen atoms in total. The molecule has 3 rings (SSSR count). The van der Waals surface area contributed by atoms with Crippen molar-refractivity contribution in [3.63, 3.8) is 0 Å². The predicted molar refractivity (Wildman–Crippen MR) is 121 cm³/mol. The Morgan fingerprint density at radius 3 is 2.45 bits per heavy atom. The Balaban J connectivity index is 2.02. The van der Waals surface area contributed by atoms with Crippen LogP contribution in [0.25, 0.3) is 0 Å². The summed E-state index contributed by atoms with van der Waals surface area (Å²) in [6.07, 6.45) is 1.15. The molecular formula is C22H28N2O5S2. The lowest BCUT2D eigenvalue weighted by Gasteiger charge is -2.29. The highest BCUT2D eigenvalue weighted by Crippen LogP contribution is 2.38. The van der Waals surface area contributed by atoms with E-state index in [1.807, 2.05) is 33.8 Å². The second-order valence-corrected chi connectivity index (χ2v) is 10.9. The zero-order valence-corrected chi connectivity index (χ0v) is 20.1. The predicted octanol–water partition coefficient (Wildman–Crippen LogP) is 3.88. The van der Waals surface area contributed by atoms with Crippen molar-refractivity contribution in [1.29, 1.82) is 0 Å². The van der Waals surface area contributed by atoms with Gasteiger partial charge < -0.3 is 9.64 Å². The summed E-state index contributed by atoms with van der Waals surface area (Å²) in [6.45, 7) is 8.36. The van der Waals surface area contributed by atoms with E-state index in [-0.39, 0.29) is 21.6 Å². The zero-order chi connectivity index (χ0) is 22.9. The number of methoxy groups -OCH3 is 1. The normalized spacial score (nSPS) is 14.7. The van der Waals surface area contributed by atoms with Gasteiger partial charge >= 0.3 is 5.97 Å². The molecule has 0 saturated carbocycles. The number of hydrogen-bond donors (Lipinski definition) is 1. The van der Waals surface area contributed by atoms with Crippen molar-refractivity contribution in [2.75, 3.05) is 18.4 Å². The van der Waals surface area contributed by atoms with Crippen LogP contribution in [0.2, 0.25) is 0 Å². The first-order chi connectivity index (χ1) is 14.6. The number of hydrogen-bond acceptors (Lipinski definition) is 6. The summed E-state index contributed by atoms with van der Waals surface area (Å²) in [5, 5.41) is 0. The molecule has 0 spiro atoms. The number of aryl methyl sites for hydroxylation is 2. The van der Waals surface area contributed by atoms with Crippen LogP contribution in [-0.4, -0.2) is 38.8 Å². The molecular weight excluding hydrogens is 436 g/mol. The maximum atomic E-state index is 13.3. The highest BCUT2D eigenvalue weighted by molar-refractivity contribution is 7.94. The molecule has 168 valence electrons. The van der Waals surface area contributed by atoms with Crippen LogP contribution in [0.3, 0.4) is 0 Å². The first-order valence-electron chi connectivity index (χ1n) is 10.2. The fourth-order valence-electron chi connectivity index (χ4n) is 3.79. The van der Waals surface area contributed by atoms with Crippen LogP contribution in [0.15, 0.2) is 22.4 Å². The van der Waals surface area contributed by atoms with E-state index >= 15 is 0 Å². The molecule has 0 fully saturated rings. The van der Waals surface area contributed by atoms with Gasteiger partial charge in [0.25, 0.3) is 10.0 Å². The summed E-state index contributed by atoms with van der Waals surface area (Å²) in [7, 11) is -2.78. The van der Waals surface area contributed by atoms with Crippen molar-refractivity contribution >= 4 is 38.9 Å². The summed E-state index contributed by atoms with van der Waals surface area (Å²) in [5.74, 6) is -0.741. The molecule has 2 heterocycles. The molecule has 1 amide bonds. The number of anilines is 1. The monoisotopic (exact) mass is 464 g/mol. The molecule has 9 heteroatoms. The van der Waals surface area contributed by atoms with Crippen LogP contribution >= 0.6 is 11.3 Å². The molecule has 1 N–H and O–H groups in total. The summed E-state index contributed by atoms with van der Waals surface area (Å²) in [5.41, 5.74) is 3.03. The van der Waals surface area contributed by atoms with Crippen molar-refractivity contribution < 1.29 is 22.7 Å². The van der Waals surface area contributed by atoms with Crippen LogP contribution in [0, 0.1) is 19.8 Å². The summed E-state index contributed by atoms with van der Waals surface area (Å²) < 4.78 is 34.0. The third-order valence-corrected chi connectivity index (χ3v) is 8.59. The maximum absolute atomic E-state index is 13.3. The van der Waals surface area contributed by atoms with Gasteiger partial charge in [-0.1, -0.05) is 19.9 Å². The Bertz CT molecular complexity index is 1100. The molecule has 0 saturated heterocycles. The zero-order valence-electron chi connectivity index (χ0n) is 18.4. The Morgan fingerprint density at radius 1 is 1.23 bits per heavy atom. The number of benzene rings is 1. The van der Waals surface area contributed by atoms with E-state index in [0.717, 1.165) is 28.9 Å². The Labute approximate surface area is 187 Å². The number of sulfonamides is 1. The first-order valence-corrected chi connectivity index (χ1v) is 12.5. The van der Waals surface area contributed by atoms with Crippen molar-refractivity contribution in [1.82, 2.24) is 4.90 Å². The number of carbonyl (C=O) groups excluding carboxylic acids is 2. The smallest absolute Gasteiger partial charge is 0.340 e. The third-order valence-electron chi connectivity index (χ3n) is 5.48. The van der Waals surface area contributed by atoms with E-state index in [1.54, 1.807) is 17.0 Å². The quantitative estimate of drug-likeness (QED) is 0.655. The van der Waals surface area contributed by atoms with Gasteiger partial charge in [0.05, 0.1) is 19.2 Å². The van der Waals surface area contributed by atoms with Gasteiger partial charge in [-0.2, -0.15) is 0 Å². The maximum Gasteiger partial charge on any atom is 0.340 e. The van der Waals surface area contributed by atoms with E-state index in [9.17, 15) is 18.0 Å². The molecule has 1 aliphatic heterocycles. The molecule has 0 radical (unpaired) electrons. The van der Waals surface area contributed by atoms with Gasteiger partial charge in [0.15, 0.2) is 4.21 Å². The molecule has 0 aliphatic carbocycles. The highest BCUT2D eigenvalue weighted by Gasteiger charge is 2.35. The highest BCUT2D eigenvalue weighted by atomic mass is 32.2. The van der Waals surface area contributed by atoms with Crippen molar-refractivity contribution in [2.45, 2.75) is 51.3 Å². The Morgan fingerprint density at radius 2 is 1.87 bits per heavy atom. The standard InChI is InChI=1S/C22H28N2O5S2/c1-6-15(4)20(25)24-8-7-17-18(12-24)30-22(19(17)21(26)29-5)31(27,28)23-16-10-13(2)9-14(3)11-16/h9-11,15,23H,6-8,12H2,1-5H3. The van der Waals surface area contributed by atoms with Crippen LogP contribution in [0.5, 0.6) is 0 Å². The van der Waals surface area contributed by atoms with Gasteiger partial charge in [-0.25, -0.2) is 13.2 Å².